The van der Waals surface area contributed by atoms with Gasteiger partial charge in [0.1, 0.15) is 11.5 Å². The summed E-state index contributed by atoms with van der Waals surface area (Å²) in [5, 5.41) is 2.29. The lowest BCUT2D eigenvalue weighted by Gasteiger charge is -2.14. The van der Waals surface area contributed by atoms with E-state index in [-0.39, 0.29) is 0 Å². The lowest BCUT2D eigenvalue weighted by Crippen LogP contribution is -2.01. The smallest absolute Gasteiger partial charge is 0.127 e. The van der Waals surface area contributed by atoms with Crippen LogP contribution in [0.3, 0.4) is 0 Å². The highest BCUT2D eigenvalue weighted by Crippen LogP contribution is 2.34. The molecule has 3 heteroatoms. The minimum absolute atomic E-state index is 0.729. The molecule has 0 unspecified atom stereocenters. The van der Waals surface area contributed by atoms with E-state index in [1.807, 2.05) is 0 Å². The molecule has 27 heavy (non-hydrogen) atoms. The third-order valence-electron chi connectivity index (χ3n) is 4.88. The minimum Gasteiger partial charge on any atom is -0.493 e. The summed E-state index contributed by atoms with van der Waals surface area (Å²) in [6.45, 7) is 5.89. The van der Waals surface area contributed by atoms with Gasteiger partial charge in [0.2, 0.25) is 0 Å². The highest BCUT2D eigenvalue weighted by Gasteiger charge is 2.09. The molecule has 0 bridgehead atoms. The highest BCUT2D eigenvalue weighted by molar-refractivity contribution is 6.17. The molecular formula is C24H35ClO2. The summed E-state index contributed by atoms with van der Waals surface area (Å²) in [6.07, 6.45) is 10.9. The number of hydrogen-bond donors (Lipinski definition) is 0. The Labute approximate surface area is 170 Å². The summed E-state index contributed by atoms with van der Waals surface area (Å²) in [5.74, 6) is 2.65. The molecule has 0 atom stereocenters. The van der Waals surface area contributed by atoms with E-state index in [1.54, 1.807) is 0 Å². The zero-order valence-electron chi connectivity index (χ0n) is 17.1. The zero-order valence-corrected chi connectivity index (χ0v) is 17.8. The van der Waals surface area contributed by atoms with Crippen molar-refractivity contribution in [2.24, 2.45) is 0 Å². The second kappa shape index (κ2) is 12.9. The highest BCUT2D eigenvalue weighted by atomic mass is 35.5. The number of benzene rings is 2. The Morgan fingerprint density at radius 2 is 1.30 bits per heavy atom. The van der Waals surface area contributed by atoms with Crippen LogP contribution in [0.4, 0.5) is 0 Å². The van der Waals surface area contributed by atoms with E-state index in [2.05, 4.69) is 44.2 Å². The molecule has 0 saturated carbocycles. The van der Waals surface area contributed by atoms with E-state index in [0.29, 0.717) is 0 Å². The number of hydrogen-bond acceptors (Lipinski definition) is 2. The fourth-order valence-electron chi connectivity index (χ4n) is 3.28. The zero-order chi connectivity index (χ0) is 19.3. The van der Waals surface area contributed by atoms with Crippen LogP contribution in [0.2, 0.25) is 0 Å². The molecule has 2 rings (SSSR count). The lowest BCUT2D eigenvalue weighted by atomic mass is 10.1. The van der Waals surface area contributed by atoms with Crippen molar-refractivity contribution in [1.82, 2.24) is 0 Å². The maximum Gasteiger partial charge on any atom is 0.127 e. The lowest BCUT2D eigenvalue weighted by molar-refractivity contribution is 0.302. The molecule has 0 spiro atoms. The molecule has 150 valence electrons. The van der Waals surface area contributed by atoms with Crippen LogP contribution in [0.25, 0.3) is 10.8 Å². The Kier molecular flexibility index (Phi) is 10.4. The molecule has 2 aromatic carbocycles. The average Bonchev–Trinajstić information content (AvgIpc) is 2.68. The number of rotatable bonds is 14. The fraction of sp³-hybridized carbons (Fsp3) is 0.583. The molecule has 0 N–H and O–H groups in total. The summed E-state index contributed by atoms with van der Waals surface area (Å²) in [5.41, 5.74) is 1.24. The maximum absolute atomic E-state index is 6.11. The predicted molar refractivity (Wildman–Crippen MR) is 118 cm³/mol. The molecule has 0 aliphatic carbocycles. The largest absolute Gasteiger partial charge is 0.493 e. The monoisotopic (exact) mass is 390 g/mol. The normalized spacial score (nSPS) is 11.1. The number of halogens is 1. The van der Waals surface area contributed by atoms with Gasteiger partial charge in [-0.2, -0.15) is 0 Å². The van der Waals surface area contributed by atoms with Crippen molar-refractivity contribution >= 4 is 22.4 Å². The molecule has 0 saturated heterocycles. The maximum atomic E-state index is 6.11. The summed E-state index contributed by atoms with van der Waals surface area (Å²) in [7, 11) is 0. The molecule has 0 aliphatic rings. The quantitative estimate of drug-likeness (QED) is 0.243. The van der Waals surface area contributed by atoms with E-state index in [9.17, 15) is 0 Å². The molecular weight excluding hydrogens is 356 g/mol. The molecule has 0 fully saturated rings. The van der Waals surface area contributed by atoms with Crippen molar-refractivity contribution in [3.63, 3.8) is 0 Å². The van der Waals surface area contributed by atoms with Crippen molar-refractivity contribution in [3.8, 4) is 11.5 Å². The van der Waals surface area contributed by atoms with Gasteiger partial charge in [-0.3, -0.25) is 0 Å². The first kappa shape index (κ1) is 21.9. The van der Waals surface area contributed by atoms with E-state index in [1.165, 1.54) is 37.7 Å². The van der Waals surface area contributed by atoms with Crippen molar-refractivity contribution in [1.29, 1.82) is 0 Å². The summed E-state index contributed by atoms with van der Waals surface area (Å²) >= 11 is 5.74. The van der Waals surface area contributed by atoms with Gasteiger partial charge in [-0.25, -0.2) is 0 Å². The van der Waals surface area contributed by atoms with Gasteiger partial charge in [0.15, 0.2) is 0 Å². The van der Waals surface area contributed by atoms with Gasteiger partial charge in [-0.15, -0.1) is 11.6 Å². The van der Waals surface area contributed by atoms with Crippen molar-refractivity contribution in [2.45, 2.75) is 71.6 Å². The van der Waals surface area contributed by atoms with Gasteiger partial charge in [0.25, 0.3) is 0 Å². The van der Waals surface area contributed by atoms with Crippen LogP contribution in [0.1, 0.15) is 70.3 Å². The topological polar surface area (TPSA) is 18.5 Å². The SMILES string of the molecule is CCCCCCCCOc1ccc(OCCCCCCl)c2cc(C)ccc12. The second-order valence-corrected chi connectivity index (χ2v) is 7.70. The third kappa shape index (κ3) is 7.62. The molecule has 0 radical (unpaired) electrons. The van der Waals surface area contributed by atoms with Crippen LogP contribution >= 0.6 is 11.6 Å². The van der Waals surface area contributed by atoms with Gasteiger partial charge in [0, 0.05) is 16.7 Å². The number of aryl methyl sites for hydroxylation is 1. The van der Waals surface area contributed by atoms with E-state index >= 15 is 0 Å². The minimum atomic E-state index is 0.729. The van der Waals surface area contributed by atoms with Crippen LogP contribution in [0, 0.1) is 6.92 Å². The van der Waals surface area contributed by atoms with Gasteiger partial charge in [-0.05, 0) is 50.8 Å². The standard InChI is InChI=1S/C24H35ClO2/c1-3-4-5-6-7-10-17-26-23-14-15-24(27-18-11-8-9-16-25)22-19-20(2)12-13-21(22)23/h12-15,19H,3-11,16-18H2,1-2H3. The Bertz CT molecular complexity index is 669. The predicted octanol–water partition coefficient (Wildman–Crippen LogP) is 7.68. The van der Waals surface area contributed by atoms with E-state index in [0.717, 1.165) is 67.0 Å². The first-order chi connectivity index (χ1) is 13.3. The number of unbranched alkanes of at least 4 members (excludes halogenated alkanes) is 7. The van der Waals surface area contributed by atoms with Crippen molar-refractivity contribution in [3.05, 3.63) is 35.9 Å². The molecule has 0 aliphatic heterocycles. The van der Waals surface area contributed by atoms with Crippen LogP contribution in [0.15, 0.2) is 30.3 Å². The van der Waals surface area contributed by atoms with Gasteiger partial charge < -0.3 is 9.47 Å². The second-order valence-electron chi connectivity index (χ2n) is 7.33. The van der Waals surface area contributed by atoms with E-state index < -0.39 is 0 Å². The number of ether oxygens (including phenoxy) is 2. The fourth-order valence-corrected chi connectivity index (χ4v) is 3.47. The average molecular weight is 391 g/mol. The molecule has 0 amide bonds. The summed E-state index contributed by atoms with van der Waals surface area (Å²) in [4.78, 5) is 0. The first-order valence-corrected chi connectivity index (χ1v) is 11.1. The Morgan fingerprint density at radius 1 is 0.704 bits per heavy atom. The third-order valence-corrected chi connectivity index (χ3v) is 5.15. The van der Waals surface area contributed by atoms with E-state index in [4.69, 9.17) is 21.1 Å². The van der Waals surface area contributed by atoms with Crippen LogP contribution < -0.4 is 9.47 Å². The number of alkyl halides is 1. The number of fused-ring (bicyclic) bond motifs is 1. The first-order valence-electron chi connectivity index (χ1n) is 10.6. The van der Waals surface area contributed by atoms with Crippen LogP contribution in [0.5, 0.6) is 11.5 Å². The Hall–Kier alpha value is -1.41. The Balaban J connectivity index is 1.94. The Morgan fingerprint density at radius 3 is 1.96 bits per heavy atom. The molecule has 2 nitrogen and oxygen atoms in total. The molecule has 0 heterocycles. The molecule has 0 aromatic heterocycles. The van der Waals surface area contributed by atoms with Gasteiger partial charge in [0.05, 0.1) is 13.2 Å². The van der Waals surface area contributed by atoms with Crippen LogP contribution in [-0.2, 0) is 0 Å². The van der Waals surface area contributed by atoms with Gasteiger partial charge in [-0.1, -0.05) is 56.7 Å². The van der Waals surface area contributed by atoms with Crippen molar-refractivity contribution < 1.29 is 9.47 Å². The summed E-state index contributed by atoms with van der Waals surface area (Å²) in [6, 6.07) is 10.6. The summed E-state index contributed by atoms with van der Waals surface area (Å²) < 4.78 is 12.2. The van der Waals surface area contributed by atoms with Crippen LogP contribution in [-0.4, -0.2) is 19.1 Å². The van der Waals surface area contributed by atoms with Gasteiger partial charge >= 0.3 is 0 Å². The van der Waals surface area contributed by atoms with Crippen molar-refractivity contribution in [2.75, 3.05) is 19.1 Å². The molecule has 2 aromatic rings.